The molecule has 1 aliphatic heterocycles. The quantitative estimate of drug-likeness (QED) is 0.914. The second kappa shape index (κ2) is 4.99. The largest absolute Gasteiger partial charge is 0.497 e. The first-order chi connectivity index (χ1) is 9.65. The second-order valence-corrected chi connectivity index (χ2v) is 6.01. The number of nitrogens with zero attached hydrogens (tertiary/aromatic N) is 2. The van der Waals surface area contributed by atoms with Crippen molar-refractivity contribution in [2.24, 2.45) is 0 Å². The zero-order valence-electron chi connectivity index (χ0n) is 12.1. The Morgan fingerprint density at radius 1 is 1.45 bits per heavy atom. The first-order valence-corrected chi connectivity index (χ1v) is 7.25. The molecule has 1 saturated carbocycles. The minimum Gasteiger partial charge on any atom is -0.497 e. The highest BCUT2D eigenvalue weighted by Crippen LogP contribution is 2.38. The lowest BCUT2D eigenvalue weighted by Gasteiger charge is -2.25. The predicted octanol–water partition coefficient (Wildman–Crippen LogP) is 2.63. The standard InChI is InChI=1S/C16H21N3O/c1-12-9-16(10-17,11-19(12)14-6-7-14)18-13-4-3-5-15(8-13)20-2/h3-5,8,12,14,18H,6-7,9,11H2,1-2H3. The van der Waals surface area contributed by atoms with Crippen molar-refractivity contribution in [2.75, 3.05) is 19.0 Å². The van der Waals surface area contributed by atoms with E-state index in [-0.39, 0.29) is 0 Å². The van der Waals surface area contributed by atoms with Crippen LogP contribution in [0.2, 0.25) is 0 Å². The van der Waals surface area contributed by atoms with Crippen LogP contribution in [-0.2, 0) is 0 Å². The van der Waals surface area contributed by atoms with E-state index in [0.717, 1.165) is 24.4 Å². The molecular formula is C16H21N3O. The molecule has 2 unspecified atom stereocenters. The number of nitrogens with one attached hydrogen (secondary N) is 1. The van der Waals surface area contributed by atoms with Crippen molar-refractivity contribution in [3.8, 4) is 11.8 Å². The number of rotatable bonds is 4. The summed E-state index contributed by atoms with van der Waals surface area (Å²) in [4.78, 5) is 2.48. The number of hydrogen-bond donors (Lipinski definition) is 1. The van der Waals surface area contributed by atoms with Gasteiger partial charge < -0.3 is 10.1 Å². The Hall–Kier alpha value is -1.73. The van der Waals surface area contributed by atoms with E-state index in [4.69, 9.17) is 4.74 Å². The number of hydrogen-bond acceptors (Lipinski definition) is 4. The molecule has 2 fully saturated rings. The maximum Gasteiger partial charge on any atom is 0.139 e. The molecule has 1 heterocycles. The molecule has 0 amide bonds. The third-order valence-electron chi connectivity index (χ3n) is 4.35. The summed E-state index contributed by atoms with van der Waals surface area (Å²) in [5, 5.41) is 13.1. The molecule has 1 aliphatic carbocycles. The van der Waals surface area contributed by atoms with Crippen molar-refractivity contribution >= 4 is 5.69 Å². The van der Waals surface area contributed by atoms with Gasteiger partial charge in [0.05, 0.1) is 13.2 Å². The third kappa shape index (κ3) is 2.46. The Morgan fingerprint density at radius 3 is 2.90 bits per heavy atom. The van der Waals surface area contributed by atoms with Crippen LogP contribution in [0.3, 0.4) is 0 Å². The number of benzene rings is 1. The van der Waals surface area contributed by atoms with E-state index in [1.54, 1.807) is 7.11 Å². The molecule has 1 aromatic carbocycles. The molecule has 2 aliphatic rings. The van der Waals surface area contributed by atoms with Gasteiger partial charge in [-0.15, -0.1) is 0 Å². The van der Waals surface area contributed by atoms with Gasteiger partial charge in [-0.05, 0) is 31.9 Å². The fourth-order valence-electron chi connectivity index (χ4n) is 3.23. The highest BCUT2D eigenvalue weighted by atomic mass is 16.5. The molecule has 0 radical (unpaired) electrons. The van der Waals surface area contributed by atoms with E-state index in [0.29, 0.717) is 12.1 Å². The van der Waals surface area contributed by atoms with Crippen molar-refractivity contribution in [3.05, 3.63) is 24.3 Å². The topological polar surface area (TPSA) is 48.3 Å². The first-order valence-electron chi connectivity index (χ1n) is 7.25. The molecule has 3 rings (SSSR count). The fraction of sp³-hybridized carbons (Fsp3) is 0.562. The highest BCUT2D eigenvalue weighted by molar-refractivity contribution is 5.52. The van der Waals surface area contributed by atoms with Gasteiger partial charge in [0.15, 0.2) is 0 Å². The zero-order chi connectivity index (χ0) is 14.2. The Balaban J connectivity index is 1.78. The second-order valence-electron chi connectivity index (χ2n) is 6.01. The Morgan fingerprint density at radius 2 is 2.25 bits per heavy atom. The van der Waals surface area contributed by atoms with Gasteiger partial charge in [-0.25, -0.2) is 0 Å². The minimum atomic E-state index is -0.478. The smallest absolute Gasteiger partial charge is 0.139 e. The van der Waals surface area contributed by atoms with Crippen molar-refractivity contribution in [1.82, 2.24) is 4.90 Å². The van der Waals surface area contributed by atoms with Gasteiger partial charge in [0, 0.05) is 36.8 Å². The van der Waals surface area contributed by atoms with Crippen LogP contribution in [0.5, 0.6) is 5.75 Å². The summed E-state index contributed by atoms with van der Waals surface area (Å²) < 4.78 is 5.24. The summed E-state index contributed by atoms with van der Waals surface area (Å²) >= 11 is 0. The van der Waals surface area contributed by atoms with Crippen LogP contribution in [0.1, 0.15) is 26.2 Å². The van der Waals surface area contributed by atoms with Gasteiger partial charge in [0.1, 0.15) is 11.3 Å². The maximum atomic E-state index is 9.67. The van der Waals surface area contributed by atoms with E-state index < -0.39 is 5.54 Å². The monoisotopic (exact) mass is 271 g/mol. The van der Waals surface area contributed by atoms with E-state index in [2.05, 4.69) is 23.2 Å². The van der Waals surface area contributed by atoms with Gasteiger partial charge in [-0.2, -0.15) is 5.26 Å². The van der Waals surface area contributed by atoms with Crippen LogP contribution in [-0.4, -0.2) is 36.2 Å². The van der Waals surface area contributed by atoms with Crippen molar-refractivity contribution in [2.45, 2.75) is 43.8 Å². The molecule has 2 atom stereocenters. The van der Waals surface area contributed by atoms with Crippen LogP contribution in [0.25, 0.3) is 0 Å². The molecule has 4 nitrogen and oxygen atoms in total. The number of ether oxygens (including phenoxy) is 1. The highest BCUT2D eigenvalue weighted by Gasteiger charge is 2.47. The average Bonchev–Trinajstić information content (AvgIpc) is 3.24. The van der Waals surface area contributed by atoms with Gasteiger partial charge in [-0.1, -0.05) is 6.07 Å². The molecular weight excluding hydrogens is 250 g/mol. The molecule has 4 heteroatoms. The van der Waals surface area contributed by atoms with E-state index >= 15 is 0 Å². The normalized spacial score (nSPS) is 29.9. The number of nitriles is 1. The van der Waals surface area contributed by atoms with Crippen LogP contribution in [0.4, 0.5) is 5.69 Å². The third-order valence-corrected chi connectivity index (χ3v) is 4.35. The van der Waals surface area contributed by atoms with Crippen LogP contribution in [0, 0.1) is 11.3 Å². The molecule has 20 heavy (non-hydrogen) atoms. The first kappa shape index (κ1) is 13.3. The van der Waals surface area contributed by atoms with Crippen LogP contribution < -0.4 is 10.1 Å². The Kier molecular flexibility index (Phi) is 3.31. The molecule has 0 bridgehead atoms. The van der Waals surface area contributed by atoms with Gasteiger partial charge in [-0.3, -0.25) is 4.90 Å². The summed E-state index contributed by atoms with van der Waals surface area (Å²) in [6.45, 7) is 3.04. The summed E-state index contributed by atoms with van der Waals surface area (Å²) in [7, 11) is 1.66. The van der Waals surface area contributed by atoms with Crippen LogP contribution >= 0.6 is 0 Å². The minimum absolute atomic E-state index is 0.472. The summed E-state index contributed by atoms with van der Waals surface area (Å²) in [6.07, 6.45) is 3.44. The SMILES string of the molecule is COc1cccc(NC2(C#N)CC(C)N(C3CC3)C2)c1. The van der Waals surface area contributed by atoms with Crippen LogP contribution in [0.15, 0.2) is 24.3 Å². The lowest BCUT2D eigenvalue weighted by Crippen LogP contribution is -2.40. The van der Waals surface area contributed by atoms with E-state index in [1.165, 1.54) is 12.8 Å². The zero-order valence-corrected chi connectivity index (χ0v) is 12.1. The molecule has 1 saturated heterocycles. The summed E-state index contributed by atoms with van der Waals surface area (Å²) in [5.74, 6) is 0.813. The van der Waals surface area contributed by atoms with Crippen molar-refractivity contribution in [1.29, 1.82) is 5.26 Å². The molecule has 0 spiro atoms. The molecule has 0 aromatic heterocycles. The summed E-state index contributed by atoms with van der Waals surface area (Å²) in [6, 6.07) is 11.5. The maximum absolute atomic E-state index is 9.67. The van der Waals surface area contributed by atoms with E-state index in [1.807, 2.05) is 24.3 Å². The predicted molar refractivity (Wildman–Crippen MR) is 78.8 cm³/mol. The van der Waals surface area contributed by atoms with Crippen molar-refractivity contribution in [3.63, 3.8) is 0 Å². The number of methoxy groups -OCH3 is 1. The Labute approximate surface area is 120 Å². The molecule has 1 aromatic rings. The lowest BCUT2D eigenvalue weighted by atomic mass is 9.98. The van der Waals surface area contributed by atoms with Gasteiger partial charge >= 0.3 is 0 Å². The molecule has 1 N–H and O–H groups in total. The van der Waals surface area contributed by atoms with Crippen molar-refractivity contribution < 1.29 is 4.74 Å². The number of anilines is 1. The Bertz CT molecular complexity index is 535. The fourth-order valence-corrected chi connectivity index (χ4v) is 3.23. The van der Waals surface area contributed by atoms with Gasteiger partial charge in [0.2, 0.25) is 0 Å². The van der Waals surface area contributed by atoms with Gasteiger partial charge in [0.25, 0.3) is 0 Å². The number of likely N-dealkylation sites (tertiary alicyclic amines) is 1. The lowest BCUT2D eigenvalue weighted by molar-refractivity contribution is 0.255. The van der Waals surface area contributed by atoms with E-state index in [9.17, 15) is 5.26 Å². The average molecular weight is 271 g/mol. The molecule has 106 valence electrons. The summed E-state index contributed by atoms with van der Waals surface area (Å²) in [5.41, 5.74) is 0.477.